The number of carbonyl (C=O) groups excluding carboxylic acids is 1. The van der Waals surface area contributed by atoms with E-state index in [9.17, 15) is 10.1 Å². The van der Waals surface area contributed by atoms with E-state index in [1.807, 2.05) is 32.0 Å². The van der Waals surface area contributed by atoms with E-state index in [4.69, 9.17) is 9.47 Å². The van der Waals surface area contributed by atoms with Gasteiger partial charge in [0, 0.05) is 5.56 Å². The molecule has 0 fully saturated rings. The lowest BCUT2D eigenvalue weighted by atomic mass is 10.1. The van der Waals surface area contributed by atoms with Crippen molar-refractivity contribution in [3.05, 3.63) is 59.7 Å². The van der Waals surface area contributed by atoms with Crippen LogP contribution in [0.25, 0.3) is 6.08 Å². The maximum atomic E-state index is 12.5. The number of carbonyl (C=O) groups is 1. The van der Waals surface area contributed by atoms with Gasteiger partial charge < -0.3 is 14.8 Å². The summed E-state index contributed by atoms with van der Waals surface area (Å²) < 4.78 is 10.9. The Bertz CT molecular complexity index is 820. The van der Waals surface area contributed by atoms with Crippen LogP contribution < -0.4 is 14.8 Å². The van der Waals surface area contributed by atoms with Crippen LogP contribution in [-0.4, -0.2) is 19.1 Å². The highest BCUT2D eigenvalue weighted by Crippen LogP contribution is 2.25. The Morgan fingerprint density at radius 3 is 2.40 bits per heavy atom. The molecule has 0 spiro atoms. The number of nitrogens with zero attached hydrogens (tertiary/aromatic N) is 1. The summed E-state index contributed by atoms with van der Waals surface area (Å²) in [5.41, 5.74) is 1.15. The number of nitrogens with one attached hydrogen (secondary N) is 1. The fraction of sp³-hybridized carbons (Fsp3) is 0.200. The number of para-hydroxylation sites is 3. The molecule has 0 heterocycles. The molecule has 1 N–H and O–H groups in total. The number of rotatable bonds is 6. The van der Waals surface area contributed by atoms with Crippen LogP contribution in [0.1, 0.15) is 19.4 Å². The quantitative estimate of drug-likeness (QED) is 0.638. The molecule has 5 heteroatoms. The summed E-state index contributed by atoms with van der Waals surface area (Å²) in [6.45, 7) is 3.83. The number of hydrogen-bond acceptors (Lipinski definition) is 4. The first kappa shape index (κ1) is 18.1. The van der Waals surface area contributed by atoms with Crippen molar-refractivity contribution in [2.24, 2.45) is 0 Å². The molecule has 0 radical (unpaired) electrons. The van der Waals surface area contributed by atoms with Crippen LogP contribution in [0.4, 0.5) is 5.69 Å². The van der Waals surface area contributed by atoms with Crippen LogP contribution in [0.5, 0.6) is 11.5 Å². The number of nitriles is 1. The molecular weight excluding hydrogens is 316 g/mol. The number of anilines is 1. The number of methoxy groups -OCH3 is 1. The highest BCUT2D eigenvalue weighted by molar-refractivity contribution is 6.10. The summed E-state index contributed by atoms with van der Waals surface area (Å²) in [5, 5.41) is 12.1. The van der Waals surface area contributed by atoms with Crippen molar-refractivity contribution in [1.82, 2.24) is 0 Å². The van der Waals surface area contributed by atoms with E-state index in [2.05, 4.69) is 5.32 Å². The molecule has 2 rings (SSSR count). The second kappa shape index (κ2) is 8.55. The molecule has 5 nitrogen and oxygen atoms in total. The lowest BCUT2D eigenvalue weighted by Crippen LogP contribution is -2.14. The molecule has 0 saturated carbocycles. The monoisotopic (exact) mass is 336 g/mol. The Hall–Kier alpha value is -3.26. The van der Waals surface area contributed by atoms with Gasteiger partial charge in [-0.05, 0) is 38.1 Å². The SMILES string of the molecule is COc1ccccc1NC(=O)/C(C#N)=C\c1ccccc1OC(C)C. The molecule has 0 bridgehead atoms. The zero-order valence-electron chi connectivity index (χ0n) is 14.4. The van der Waals surface area contributed by atoms with Crippen molar-refractivity contribution in [3.8, 4) is 17.6 Å². The van der Waals surface area contributed by atoms with E-state index in [0.29, 0.717) is 22.7 Å². The molecule has 1 amide bonds. The lowest BCUT2D eigenvalue weighted by Gasteiger charge is -2.13. The summed E-state index contributed by atoms with van der Waals surface area (Å²) in [4.78, 5) is 12.5. The zero-order chi connectivity index (χ0) is 18.2. The maximum Gasteiger partial charge on any atom is 0.266 e. The summed E-state index contributed by atoms with van der Waals surface area (Å²) in [5.74, 6) is 0.637. The largest absolute Gasteiger partial charge is 0.495 e. The van der Waals surface area contributed by atoms with Crippen molar-refractivity contribution in [2.75, 3.05) is 12.4 Å². The van der Waals surface area contributed by atoms with E-state index in [0.717, 1.165) is 0 Å². The third-order valence-corrected chi connectivity index (χ3v) is 3.30. The van der Waals surface area contributed by atoms with Gasteiger partial charge in [0.05, 0.1) is 18.9 Å². The van der Waals surface area contributed by atoms with Gasteiger partial charge in [0.2, 0.25) is 0 Å². The summed E-state index contributed by atoms with van der Waals surface area (Å²) in [6, 6.07) is 16.2. The molecule has 2 aromatic rings. The standard InChI is InChI=1S/C20H20N2O3/c1-14(2)25-18-10-6-4-8-15(18)12-16(13-21)20(23)22-17-9-5-7-11-19(17)24-3/h4-12,14H,1-3H3,(H,22,23)/b16-12-. The third kappa shape index (κ3) is 4.85. The van der Waals surface area contributed by atoms with Gasteiger partial charge in [-0.1, -0.05) is 30.3 Å². The van der Waals surface area contributed by atoms with Crippen molar-refractivity contribution >= 4 is 17.7 Å². The number of ether oxygens (including phenoxy) is 2. The second-order valence-corrected chi connectivity index (χ2v) is 5.53. The lowest BCUT2D eigenvalue weighted by molar-refractivity contribution is -0.112. The molecule has 0 aliphatic carbocycles. The molecule has 0 aromatic heterocycles. The van der Waals surface area contributed by atoms with E-state index in [-0.39, 0.29) is 11.7 Å². The summed E-state index contributed by atoms with van der Waals surface area (Å²) >= 11 is 0. The van der Waals surface area contributed by atoms with E-state index >= 15 is 0 Å². The molecule has 2 aromatic carbocycles. The Kier molecular flexibility index (Phi) is 6.19. The predicted molar refractivity (Wildman–Crippen MR) is 97.4 cm³/mol. The van der Waals surface area contributed by atoms with Gasteiger partial charge in [-0.3, -0.25) is 4.79 Å². The Morgan fingerprint density at radius 2 is 1.76 bits per heavy atom. The number of hydrogen-bond donors (Lipinski definition) is 1. The van der Waals surface area contributed by atoms with Crippen molar-refractivity contribution < 1.29 is 14.3 Å². The van der Waals surface area contributed by atoms with Gasteiger partial charge in [0.1, 0.15) is 23.1 Å². The molecule has 25 heavy (non-hydrogen) atoms. The minimum atomic E-state index is -0.508. The fourth-order valence-corrected chi connectivity index (χ4v) is 2.20. The normalized spacial score (nSPS) is 10.9. The first-order valence-electron chi connectivity index (χ1n) is 7.87. The average molecular weight is 336 g/mol. The molecule has 0 aliphatic rings. The zero-order valence-corrected chi connectivity index (χ0v) is 14.4. The summed E-state index contributed by atoms with van der Waals surface area (Å²) in [7, 11) is 1.52. The minimum absolute atomic E-state index is 0.0116. The molecule has 0 aliphatic heterocycles. The van der Waals surface area contributed by atoms with Crippen molar-refractivity contribution in [2.45, 2.75) is 20.0 Å². The molecule has 0 unspecified atom stereocenters. The van der Waals surface area contributed by atoms with Gasteiger partial charge in [0.25, 0.3) is 5.91 Å². The first-order chi connectivity index (χ1) is 12.0. The molecule has 0 atom stereocenters. The maximum absolute atomic E-state index is 12.5. The fourth-order valence-electron chi connectivity index (χ4n) is 2.20. The average Bonchev–Trinajstić information content (AvgIpc) is 2.60. The highest BCUT2D eigenvalue weighted by Gasteiger charge is 2.13. The van der Waals surface area contributed by atoms with Gasteiger partial charge in [-0.25, -0.2) is 0 Å². The van der Waals surface area contributed by atoms with Crippen molar-refractivity contribution in [3.63, 3.8) is 0 Å². The van der Waals surface area contributed by atoms with Crippen molar-refractivity contribution in [1.29, 1.82) is 5.26 Å². The third-order valence-electron chi connectivity index (χ3n) is 3.30. The molecular formula is C20H20N2O3. The predicted octanol–water partition coefficient (Wildman–Crippen LogP) is 4.03. The Labute approximate surface area is 147 Å². The van der Waals surface area contributed by atoms with Gasteiger partial charge in [-0.15, -0.1) is 0 Å². The highest BCUT2D eigenvalue weighted by atomic mass is 16.5. The van der Waals surface area contributed by atoms with E-state index < -0.39 is 5.91 Å². The van der Waals surface area contributed by atoms with Gasteiger partial charge in [0.15, 0.2) is 0 Å². The van der Waals surface area contributed by atoms with Gasteiger partial charge in [-0.2, -0.15) is 5.26 Å². The topological polar surface area (TPSA) is 71.3 Å². The van der Waals surface area contributed by atoms with E-state index in [1.165, 1.54) is 13.2 Å². The van der Waals surface area contributed by atoms with Crippen LogP contribution >= 0.6 is 0 Å². The smallest absolute Gasteiger partial charge is 0.266 e. The van der Waals surface area contributed by atoms with Crippen LogP contribution in [0, 0.1) is 11.3 Å². The van der Waals surface area contributed by atoms with Crippen LogP contribution in [0.3, 0.4) is 0 Å². The van der Waals surface area contributed by atoms with E-state index in [1.54, 1.807) is 36.4 Å². The van der Waals surface area contributed by atoms with Crippen LogP contribution in [0.2, 0.25) is 0 Å². The Balaban J connectivity index is 2.29. The molecule has 128 valence electrons. The number of amides is 1. The van der Waals surface area contributed by atoms with Crippen LogP contribution in [0.15, 0.2) is 54.1 Å². The molecule has 0 saturated heterocycles. The first-order valence-corrected chi connectivity index (χ1v) is 7.87. The van der Waals surface area contributed by atoms with Gasteiger partial charge >= 0.3 is 0 Å². The number of benzene rings is 2. The second-order valence-electron chi connectivity index (χ2n) is 5.53. The summed E-state index contributed by atoms with van der Waals surface area (Å²) in [6.07, 6.45) is 1.50. The van der Waals surface area contributed by atoms with Crippen LogP contribution in [-0.2, 0) is 4.79 Å². The minimum Gasteiger partial charge on any atom is -0.495 e. The Morgan fingerprint density at radius 1 is 1.12 bits per heavy atom.